The Morgan fingerprint density at radius 3 is 2.73 bits per heavy atom. The Bertz CT molecular complexity index is 1230. The van der Waals surface area contributed by atoms with Crippen LogP contribution in [-0.2, 0) is 0 Å². The molecule has 0 atom stereocenters. The van der Waals surface area contributed by atoms with Crippen LogP contribution in [0.15, 0.2) is 59.7 Å². The summed E-state index contributed by atoms with van der Waals surface area (Å²) in [7, 11) is 0. The van der Waals surface area contributed by atoms with Gasteiger partial charge in [-0.2, -0.15) is 5.10 Å². The zero-order valence-corrected chi connectivity index (χ0v) is 14.0. The third-order valence-electron chi connectivity index (χ3n) is 4.09. The lowest BCUT2D eigenvalue weighted by Gasteiger charge is -2.10. The van der Waals surface area contributed by atoms with Crippen LogP contribution in [0.25, 0.3) is 33.5 Å². The molecule has 4 aromatic heterocycles. The number of hydrogen-bond donors (Lipinski definition) is 2. The molecule has 0 amide bonds. The van der Waals surface area contributed by atoms with E-state index < -0.39 is 0 Å². The third kappa shape index (κ3) is 2.29. The van der Waals surface area contributed by atoms with Gasteiger partial charge >= 0.3 is 0 Å². The van der Waals surface area contributed by atoms with Crippen LogP contribution in [-0.4, -0.2) is 25.1 Å². The van der Waals surface area contributed by atoms with Crippen LogP contribution in [0.2, 0.25) is 5.02 Å². The molecule has 0 bridgehead atoms. The van der Waals surface area contributed by atoms with Gasteiger partial charge < -0.3 is 9.73 Å². The molecule has 5 aromatic rings. The number of aromatic nitrogens is 5. The van der Waals surface area contributed by atoms with Gasteiger partial charge in [0.05, 0.1) is 34.3 Å². The van der Waals surface area contributed by atoms with Gasteiger partial charge in [-0.25, -0.2) is 9.97 Å². The standard InChI is InChI=1S/C18H11ClN6O/c19-12-2-3-13-11(8-23-25-13)15(12)24-16-10-4-7-20-9-14(10)26-17(16)18-21-5-1-6-22-18/h1-9,24H,(H,23,25). The molecule has 0 spiro atoms. The number of hydrogen-bond acceptors (Lipinski definition) is 6. The van der Waals surface area contributed by atoms with Gasteiger partial charge in [0.25, 0.3) is 0 Å². The summed E-state index contributed by atoms with van der Waals surface area (Å²) in [5.41, 5.74) is 2.97. The molecule has 0 saturated carbocycles. The van der Waals surface area contributed by atoms with Gasteiger partial charge in [-0.1, -0.05) is 11.6 Å². The number of H-pyrrole nitrogens is 1. The monoisotopic (exact) mass is 362 g/mol. The minimum absolute atomic E-state index is 0.474. The Morgan fingerprint density at radius 1 is 0.962 bits per heavy atom. The van der Waals surface area contributed by atoms with Crippen molar-refractivity contribution in [2.24, 2.45) is 0 Å². The summed E-state index contributed by atoms with van der Waals surface area (Å²) in [6.45, 7) is 0. The SMILES string of the molecule is Clc1ccc2[nH]ncc2c1Nc1c(-c2ncccn2)oc2cnccc12. The molecule has 126 valence electrons. The predicted octanol–water partition coefficient (Wildman–Crippen LogP) is 4.56. The molecule has 0 aliphatic rings. The van der Waals surface area contributed by atoms with E-state index in [0.29, 0.717) is 22.2 Å². The van der Waals surface area contributed by atoms with Crippen LogP contribution < -0.4 is 5.32 Å². The second-order valence-corrected chi connectivity index (χ2v) is 6.04. The highest BCUT2D eigenvalue weighted by atomic mass is 35.5. The molecule has 0 aliphatic heterocycles. The molecule has 5 rings (SSSR count). The van der Waals surface area contributed by atoms with Crippen molar-refractivity contribution in [2.45, 2.75) is 0 Å². The van der Waals surface area contributed by atoms with Crippen LogP contribution in [0.5, 0.6) is 0 Å². The highest BCUT2D eigenvalue weighted by Crippen LogP contribution is 2.41. The number of nitrogens with one attached hydrogen (secondary N) is 2. The van der Waals surface area contributed by atoms with E-state index in [1.807, 2.05) is 18.2 Å². The number of nitrogens with zero attached hydrogens (tertiary/aromatic N) is 4. The second kappa shape index (κ2) is 5.82. The zero-order valence-electron chi connectivity index (χ0n) is 13.3. The third-order valence-corrected chi connectivity index (χ3v) is 4.40. The number of halogens is 1. The fraction of sp³-hybridized carbons (Fsp3) is 0. The Labute approximate surface area is 152 Å². The number of rotatable bonds is 3. The summed E-state index contributed by atoms with van der Waals surface area (Å²) in [4.78, 5) is 12.7. The quantitative estimate of drug-likeness (QED) is 0.489. The van der Waals surface area contributed by atoms with Crippen molar-refractivity contribution in [1.29, 1.82) is 0 Å². The van der Waals surface area contributed by atoms with E-state index in [0.717, 1.165) is 27.7 Å². The maximum atomic E-state index is 6.45. The molecule has 1 aromatic carbocycles. The van der Waals surface area contributed by atoms with Crippen molar-refractivity contribution in [3.63, 3.8) is 0 Å². The number of anilines is 2. The van der Waals surface area contributed by atoms with Crippen molar-refractivity contribution >= 4 is 44.8 Å². The summed E-state index contributed by atoms with van der Waals surface area (Å²) in [5, 5.41) is 12.7. The van der Waals surface area contributed by atoms with Crippen molar-refractivity contribution in [3.8, 4) is 11.6 Å². The van der Waals surface area contributed by atoms with E-state index in [9.17, 15) is 0 Å². The molecule has 0 radical (unpaired) electrons. The summed E-state index contributed by atoms with van der Waals surface area (Å²) >= 11 is 6.45. The smallest absolute Gasteiger partial charge is 0.197 e. The van der Waals surface area contributed by atoms with E-state index in [1.54, 1.807) is 37.1 Å². The first-order valence-corrected chi connectivity index (χ1v) is 8.21. The van der Waals surface area contributed by atoms with E-state index in [4.69, 9.17) is 16.0 Å². The maximum Gasteiger partial charge on any atom is 0.197 e. The van der Waals surface area contributed by atoms with Gasteiger partial charge in [0.15, 0.2) is 17.2 Å². The molecule has 0 fully saturated rings. The van der Waals surface area contributed by atoms with Crippen molar-refractivity contribution in [3.05, 3.63) is 60.3 Å². The Hall–Kier alpha value is -3.45. The minimum Gasteiger partial charge on any atom is -0.449 e. The summed E-state index contributed by atoms with van der Waals surface area (Å²) in [5.74, 6) is 0.992. The predicted molar refractivity (Wildman–Crippen MR) is 99.4 cm³/mol. The molecule has 4 heterocycles. The van der Waals surface area contributed by atoms with Crippen molar-refractivity contribution in [2.75, 3.05) is 5.32 Å². The highest BCUT2D eigenvalue weighted by Gasteiger charge is 2.20. The Morgan fingerprint density at radius 2 is 1.85 bits per heavy atom. The molecule has 26 heavy (non-hydrogen) atoms. The second-order valence-electron chi connectivity index (χ2n) is 5.63. The molecule has 0 unspecified atom stereocenters. The topological polar surface area (TPSA) is 92.5 Å². The molecular formula is C18H11ClN6O. The van der Waals surface area contributed by atoms with Crippen LogP contribution in [0, 0.1) is 0 Å². The van der Waals surface area contributed by atoms with Gasteiger partial charge in [-0.05, 0) is 24.3 Å². The number of furan rings is 1. The molecule has 0 aliphatic carbocycles. The van der Waals surface area contributed by atoms with Crippen LogP contribution >= 0.6 is 11.6 Å². The van der Waals surface area contributed by atoms with Crippen molar-refractivity contribution < 1.29 is 4.42 Å². The van der Waals surface area contributed by atoms with Crippen LogP contribution in [0.3, 0.4) is 0 Å². The number of fused-ring (bicyclic) bond motifs is 2. The lowest BCUT2D eigenvalue weighted by Crippen LogP contribution is -1.95. The molecule has 2 N–H and O–H groups in total. The Kier molecular flexibility index (Phi) is 3.32. The average Bonchev–Trinajstić information content (AvgIpc) is 3.30. The normalized spacial score (nSPS) is 11.3. The van der Waals surface area contributed by atoms with Crippen LogP contribution in [0.1, 0.15) is 0 Å². The lowest BCUT2D eigenvalue weighted by molar-refractivity contribution is 0.624. The van der Waals surface area contributed by atoms with Crippen molar-refractivity contribution in [1.82, 2.24) is 25.1 Å². The van der Waals surface area contributed by atoms with Gasteiger partial charge in [-0.3, -0.25) is 10.1 Å². The minimum atomic E-state index is 0.474. The van der Waals surface area contributed by atoms with Gasteiger partial charge in [0.1, 0.15) is 0 Å². The summed E-state index contributed by atoms with van der Waals surface area (Å²) in [6.07, 6.45) is 8.43. The summed E-state index contributed by atoms with van der Waals surface area (Å²) in [6, 6.07) is 7.32. The Balaban J connectivity index is 1.76. The fourth-order valence-electron chi connectivity index (χ4n) is 2.89. The zero-order chi connectivity index (χ0) is 17.5. The van der Waals surface area contributed by atoms with Crippen LogP contribution in [0.4, 0.5) is 11.4 Å². The van der Waals surface area contributed by atoms with E-state index in [-0.39, 0.29) is 0 Å². The van der Waals surface area contributed by atoms with E-state index >= 15 is 0 Å². The number of pyridine rings is 1. The van der Waals surface area contributed by atoms with Gasteiger partial charge in [-0.15, -0.1) is 0 Å². The fourth-order valence-corrected chi connectivity index (χ4v) is 3.10. The highest BCUT2D eigenvalue weighted by molar-refractivity contribution is 6.35. The maximum absolute atomic E-state index is 6.45. The first kappa shape index (κ1) is 14.9. The summed E-state index contributed by atoms with van der Waals surface area (Å²) < 4.78 is 5.97. The largest absolute Gasteiger partial charge is 0.449 e. The average molecular weight is 363 g/mol. The molecular weight excluding hydrogens is 352 g/mol. The molecule has 8 heteroatoms. The first-order valence-electron chi connectivity index (χ1n) is 7.84. The van der Waals surface area contributed by atoms with E-state index in [1.165, 1.54) is 0 Å². The van der Waals surface area contributed by atoms with E-state index in [2.05, 4.69) is 30.5 Å². The lowest BCUT2D eigenvalue weighted by atomic mass is 10.2. The van der Waals surface area contributed by atoms with Gasteiger partial charge in [0.2, 0.25) is 0 Å². The van der Waals surface area contributed by atoms with Gasteiger partial charge in [0, 0.05) is 29.4 Å². The number of aromatic amines is 1. The molecule has 7 nitrogen and oxygen atoms in total. The molecule has 0 saturated heterocycles. The first-order chi connectivity index (χ1) is 12.8. The number of benzene rings is 1.